The Morgan fingerprint density at radius 2 is 1.87 bits per heavy atom. The molecule has 0 radical (unpaired) electrons. The maximum atomic E-state index is 13.2. The van der Waals surface area contributed by atoms with E-state index in [-0.39, 0.29) is 40.9 Å². The number of halogens is 5. The Balaban J connectivity index is 2.02. The van der Waals surface area contributed by atoms with Crippen LogP contribution in [0, 0.1) is 0 Å². The van der Waals surface area contributed by atoms with Crippen LogP contribution >= 0.6 is 0 Å². The normalized spacial score (nSPS) is 11.5. The van der Waals surface area contributed by atoms with E-state index in [2.05, 4.69) is 20.0 Å². The molecule has 0 aliphatic heterocycles. The molecule has 3 aromatic rings. The van der Waals surface area contributed by atoms with Gasteiger partial charge in [-0.15, -0.1) is 0 Å². The highest BCUT2D eigenvalue weighted by molar-refractivity contribution is 5.95. The zero-order valence-corrected chi connectivity index (χ0v) is 15.7. The predicted molar refractivity (Wildman–Crippen MR) is 97.0 cm³/mol. The van der Waals surface area contributed by atoms with Gasteiger partial charge in [0.15, 0.2) is 17.8 Å². The van der Waals surface area contributed by atoms with Gasteiger partial charge < -0.3 is 19.2 Å². The molecule has 2 aromatic heterocycles. The van der Waals surface area contributed by atoms with Crippen molar-refractivity contribution >= 4 is 17.5 Å². The van der Waals surface area contributed by atoms with Crippen molar-refractivity contribution in [3.8, 4) is 17.1 Å². The number of pyridine rings is 1. The second-order valence-electron chi connectivity index (χ2n) is 5.87. The molecule has 2 heterocycles. The summed E-state index contributed by atoms with van der Waals surface area (Å²) in [4.78, 5) is 19.4. The van der Waals surface area contributed by atoms with Crippen LogP contribution in [0.15, 0.2) is 47.2 Å². The number of esters is 1. The summed E-state index contributed by atoms with van der Waals surface area (Å²) in [6.07, 6.45) is -3.80. The SMILES string of the molecule is CCOC(=O)c1ncoc1-c1ccc(C(F)(F)F)nc1Nc1ccc(OC(F)F)cc1. The molecule has 0 saturated heterocycles. The Morgan fingerprint density at radius 1 is 1.16 bits per heavy atom. The van der Waals surface area contributed by atoms with Crippen LogP contribution in [-0.2, 0) is 10.9 Å². The van der Waals surface area contributed by atoms with E-state index >= 15 is 0 Å². The van der Waals surface area contributed by atoms with Crippen molar-refractivity contribution in [2.24, 2.45) is 0 Å². The Morgan fingerprint density at radius 3 is 2.48 bits per heavy atom. The lowest BCUT2D eigenvalue weighted by Crippen LogP contribution is -2.11. The minimum absolute atomic E-state index is 0.00135. The maximum Gasteiger partial charge on any atom is 0.433 e. The van der Waals surface area contributed by atoms with Crippen LogP contribution < -0.4 is 10.1 Å². The molecule has 0 spiro atoms. The number of ether oxygens (including phenoxy) is 2. The number of carbonyl (C=O) groups is 1. The van der Waals surface area contributed by atoms with E-state index < -0.39 is 24.5 Å². The molecule has 0 atom stereocenters. The number of benzene rings is 1. The van der Waals surface area contributed by atoms with E-state index in [0.717, 1.165) is 18.5 Å². The molecule has 0 aliphatic carbocycles. The fourth-order valence-electron chi connectivity index (χ4n) is 2.53. The third kappa shape index (κ3) is 5.27. The van der Waals surface area contributed by atoms with Gasteiger partial charge in [0.25, 0.3) is 0 Å². The summed E-state index contributed by atoms with van der Waals surface area (Å²) in [5.74, 6) is -1.43. The minimum atomic E-state index is -4.74. The van der Waals surface area contributed by atoms with Crippen molar-refractivity contribution in [1.29, 1.82) is 0 Å². The van der Waals surface area contributed by atoms with Crippen LogP contribution in [0.3, 0.4) is 0 Å². The second kappa shape index (κ2) is 8.98. The van der Waals surface area contributed by atoms with E-state index in [9.17, 15) is 26.7 Å². The summed E-state index contributed by atoms with van der Waals surface area (Å²) in [7, 11) is 0. The molecule has 0 bridgehead atoms. The van der Waals surface area contributed by atoms with Gasteiger partial charge >= 0.3 is 18.8 Å². The highest BCUT2D eigenvalue weighted by Crippen LogP contribution is 2.36. The van der Waals surface area contributed by atoms with Crippen molar-refractivity contribution in [2.45, 2.75) is 19.7 Å². The highest BCUT2D eigenvalue weighted by atomic mass is 19.4. The predicted octanol–water partition coefficient (Wildman–Crippen LogP) is 5.28. The quantitative estimate of drug-likeness (QED) is 0.393. The molecular weight excluding hydrogens is 429 g/mol. The number of alkyl halides is 5. The van der Waals surface area contributed by atoms with Crippen LogP contribution in [0.4, 0.5) is 33.5 Å². The molecule has 0 unspecified atom stereocenters. The summed E-state index contributed by atoms with van der Waals surface area (Å²) in [6.45, 7) is -1.40. The van der Waals surface area contributed by atoms with Gasteiger partial charge in [-0.2, -0.15) is 22.0 Å². The van der Waals surface area contributed by atoms with Crippen molar-refractivity contribution in [1.82, 2.24) is 9.97 Å². The molecule has 164 valence electrons. The zero-order chi connectivity index (χ0) is 22.6. The Hall–Kier alpha value is -3.70. The fraction of sp³-hybridized carbons (Fsp3) is 0.211. The van der Waals surface area contributed by atoms with Crippen molar-refractivity contribution in [3.05, 3.63) is 54.2 Å². The van der Waals surface area contributed by atoms with E-state index in [0.29, 0.717) is 0 Å². The van der Waals surface area contributed by atoms with Gasteiger partial charge in [0.2, 0.25) is 0 Å². The molecule has 7 nitrogen and oxygen atoms in total. The molecule has 31 heavy (non-hydrogen) atoms. The van der Waals surface area contributed by atoms with Crippen molar-refractivity contribution < 1.29 is 40.6 Å². The number of anilines is 2. The van der Waals surface area contributed by atoms with Gasteiger partial charge in [-0.05, 0) is 43.3 Å². The summed E-state index contributed by atoms with van der Waals surface area (Å²) in [6, 6.07) is 6.78. The van der Waals surface area contributed by atoms with Crippen molar-refractivity contribution in [3.63, 3.8) is 0 Å². The molecule has 12 heteroatoms. The van der Waals surface area contributed by atoms with Crippen LogP contribution in [0.1, 0.15) is 23.1 Å². The molecule has 0 saturated carbocycles. The van der Waals surface area contributed by atoms with Gasteiger partial charge in [-0.25, -0.2) is 14.8 Å². The number of nitrogens with one attached hydrogen (secondary N) is 1. The molecule has 0 fully saturated rings. The smallest absolute Gasteiger partial charge is 0.433 e. The molecule has 0 aliphatic rings. The van der Waals surface area contributed by atoms with Gasteiger partial charge in [0.1, 0.15) is 17.3 Å². The van der Waals surface area contributed by atoms with Gasteiger partial charge in [-0.3, -0.25) is 0 Å². The molecule has 0 amide bonds. The van der Waals surface area contributed by atoms with Crippen LogP contribution in [-0.4, -0.2) is 29.2 Å². The zero-order valence-electron chi connectivity index (χ0n) is 15.7. The lowest BCUT2D eigenvalue weighted by molar-refractivity contribution is -0.141. The largest absolute Gasteiger partial charge is 0.461 e. The Labute approximate surface area is 171 Å². The fourth-order valence-corrected chi connectivity index (χ4v) is 2.53. The number of hydrogen-bond acceptors (Lipinski definition) is 7. The van der Waals surface area contributed by atoms with E-state index in [1.54, 1.807) is 6.92 Å². The Kier molecular flexibility index (Phi) is 6.37. The third-order valence-electron chi connectivity index (χ3n) is 3.81. The Bertz CT molecular complexity index is 1050. The lowest BCUT2D eigenvalue weighted by atomic mass is 10.1. The number of aromatic nitrogens is 2. The third-order valence-corrected chi connectivity index (χ3v) is 3.81. The van der Waals surface area contributed by atoms with Crippen LogP contribution in [0.2, 0.25) is 0 Å². The first kappa shape index (κ1) is 22.0. The second-order valence-corrected chi connectivity index (χ2v) is 5.87. The molecule has 1 N–H and O–H groups in total. The molecule has 3 rings (SSSR count). The minimum Gasteiger partial charge on any atom is -0.461 e. The molecular formula is C19H14F5N3O4. The number of oxazole rings is 1. The van der Waals surface area contributed by atoms with E-state index in [4.69, 9.17) is 9.15 Å². The number of nitrogens with zero attached hydrogens (tertiary/aromatic N) is 2. The summed E-state index contributed by atoms with van der Waals surface area (Å²) in [5, 5.41) is 2.66. The first-order valence-electron chi connectivity index (χ1n) is 8.70. The maximum absolute atomic E-state index is 13.2. The summed E-state index contributed by atoms with van der Waals surface area (Å²) in [5.41, 5.74) is -1.23. The number of carbonyl (C=O) groups excluding carboxylic acids is 1. The first-order chi connectivity index (χ1) is 14.7. The van der Waals surface area contributed by atoms with Crippen LogP contribution in [0.25, 0.3) is 11.3 Å². The lowest BCUT2D eigenvalue weighted by Gasteiger charge is -2.14. The number of rotatable bonds is 7. The van der Waals surface area contributed by atoms with Gasteiger partial charge in [0, 0.05) is 5.69 Å². The van der Waals surface area contributed by atoms with Gasteiger partial charge in [0.05, 0.1) is 12.2 Å². The van der Waals surface area contributed by atoms with E-state index in [1.165, 1.54) is 24.3 Å². The summed E-state index contributed by atoms with van der Waals surface area (Å²) < 4.78 is 78.4. The highest BCUT2D eigenvalue weighted by Gasteiger charge is 2.34. The molecule has 1 aromatic carbocycles. The summed E-state index contributed by atoms with van der Waals surface area (Å²) >= 11 is 0. The topological polar surface area (TPSA) is 86.5 Å². The van der Waals surface area contributed by atoms with Crippen LogP contribution in [0.5, 0.6) is 5.75 Å². The van der Waals surface area contributed by atoms with E-state index in [1.807, 2.05) is 0 Å². The van der Waals surface area contributed by atoms with Crippen molar-refractivity contribution in [2.75, 3.05) is 11.9 Å². The first-order valence-corrected chi connectivity index (χ1v) is 8.70. The van der Waals surface area contributed by atoms with Gasteiger partial charge in [-0.1, -0.05) is 0 Å². The average molecular weight is 443 g/mol. The number of hydrogen-bond donors (Lipinski definition) is 1. The standard InChI is InChI=1S/C19H14F5N3O4/c1-2-29-17(28)14-15(30-9-25-14)12-7-8-13(19(22,23)24)27-16(12)26-10-3-5-11(6-4-10)31-18(20)21/h3-9,18H,2H2,1H3,(H,26,27). The average Bonchev–Trinajstić information content (AvgIpc) is 3.18. The monoisotopic (exact) mass is 443 g/mol.